The lowest BCUT2D eigenvalue weighted by Crippen LogP contribution is -2.34. The molecule has 8 rings (SSSR count). The zero-order valence-corrected chi connectivity index (χ0v) is 24.7. The fourth-order valence-electron chi connectivity index (χ4n) is 6.44. The Hall–Kier alpha value is -6.38. The number of ether oxygens (including phenoxy) is 1. The third kappa shape index (κ3) is 4.44. The molecule has 0 saturated carbocycles. The molecule has 46 heavy (non-hydrogen) atoms. The number of benzene rings is 6. The summed E-state index contributed by atoms with van der Waals surface area (Å²) in [5, 5.41) is 9.37. The molecule has 6 aromatic carbocycles. The average molecular weight is 591 g/mol. The highest BCUT2D eigenvalue weighted by Gasteiger charge is 2.46. The van der Waals surface area contributed by atoms with Crippen molar-refractivity contribution >= 4 is 0 Å². The first kappa shape index (κ1) is 27.2. The van der Waals surface area contributed by atoms with Gasteiger partial charge in [0.2, 0.25) is 0 Å². The molecule has 1 aliphatic heterocycles. The highest BCUT2D eigenvalue weighted by Crippen LogP contribution is 2.57. The molecule has 0 amide bonds. The van der Waals surface area contributed by atoms with Gasteiger partial charge in [-0.1, -0.05) is 121 Å². The van der Waals surface area contributed by atoms with Crippen molar-refractivity contribution in [3.8, 4) is 51.7 Å². The number of nitrogens with zero attached hydrogens (tertiary/aromatic N) is 4. The summed E-state index contributed by atoms with van der Waals surface area (Å²) in [7, 11) is 0. The first-order valence-corrected chi connectivity index (χ1v) is 15.1. The Bertz CT molecular complexity index is 2190. The summed E-state index contributed by atoms with van der Waals surface area (Å²) in [6.07, 6.45) is 0. The molecule has 0 bridgehead atoms. The first-order valence-electron chi connectivity index (χ1n) is 15.1. The van der Waals surface area contributed by atoms with Gasteiger partial charge in [0.1, 0.15) is 11.5 Å². The maximum Gasteiger partial charge on any atom is 0.167 e. The van der Waals surface area contributed by atoms with Gasteiger partial charge in [-0.3, -0.25) is 0 Å². The van der Waals surface area contributed by atoms with E-state index in [0.717, 1.165) is 44.7 Å². The lowest BCUT2D eigenvalue weighted by atomic mass is 9.63. The van der Waals surface area contributed by atoms with Crippen molar-refractivity contribution in [3.05, 3.63) is 186 Å². The summed E-state index contributed by atoms with van der Waals surface area (Å²) in [5.41, 5.74) is 6.68. The lowest BCUT2D eigenvalue weighted by Gasteiger charge is -2.42. The molecule has 1 aromatic heterocycles. The number of nitriles is 1. The van der Waals surface area contributed by atoms with Gasteiger partial charge in [0.15, 0.2) is 17.5 Å². The Morgan fingerprint density at radius 3 is 1.63 bits per heavy atom. The quantitative estimate of drug-likeness (QED) is 0.200. The van der Waals surface area contributed by atoms with Gasteiger partial charge in [-0.2, -0.15) is 5.26 Å². The first-order chi connectivity index (χ1) is 22.8. The minimum atomic E-state index is -0.659. The van der Waals surface area contributed by atoms with E-state index in [-0.39, 0.29) is 0 Å². The van der Waals surface area contributed by atoms with Crippen LogP contribution in [0.2, 0.25) is 0 Å². The number of fused-ring (bicyclic) bond motifs is 2. The minimum absolute atomic E-state index is 0.500. The Morgan fingerprint density at radius 1 is 0.478 bits per heavy atom. The van der Waals surface area contributed by atoms with Crippen molar-refractivity contribution in [2.45, 2.75) is 5.41 Å². The lowest BCUT2D eigenvalue weighted by molar-refractivity contribution is 0.436. The van der Waals surface area contributed by atoms with Crippen LogP contribution in [0.5, 0.6) is 11.5 Å². The van der Waals surface area contributed by atoms with Crippen LogP contribution < -0.4 is 4.74 Å². The van der Waals surface area contributed by atoms with Crippen LogP contribution >= 0.6 is 0 Å². The van der Waals surface area contributed by atoms with Crippen LogP contribution in [-0.4, -0.2) is 15.0 Å². The van der Waals surface area contributed by atoms with Gasteiger partial charge in [-0.25, -0.2) is 15.0 Å². The number of hydrogen-bond acceptors (Lipinski definition) is 5. The summed E-state index contributed by atoms with van der Waals surface area (Å²) in [6, 6.07) is 55.0. The van der Waals surface area contributed by atoms with E-state index in [1.807, 2.05) is 72.8 Å². The van der Waals surface area contributed by atoms with Gasteiger partial charge >= 0.3 is 0 Å². The molecule has 0 unspecified atom stereocenters. The summed E-state index contributed by atoms with van der Waals surface area (Å²) >= 11 is 0. The zero-order valence-electron chi connectivity index (χ0n) is 24.7. The number of para-hydroxylation sites is 2. The van der Waals surface area contributed by atoms with Crippen LogP contribution in [0.4, 0.5) is 0 Å². The molecule has 0 aliphatic carbocycles. The fourth-order valence-corrected chi connectivity index (χ4v) is 6.44. The second-order valence-electron chi connectivity index (χ2n) is 11.1. The van der Waals surface area contributed by atoms with Gasteiger partial charge in [-0.05, 0) is 47.5 Å². The maximum atomic E-state index is 9.37. The third-order valence-corrected chi connectivity index (χ3v) is 8.52. The molecule has 7 aromatic rings. The van der Waals surface area contributed by atoms with E-state index in [2.05, 4.69) is 78.9 Å². The van der Waals surface area contributed by atoms with Crippen molar-refractivity contribution in [1.82, 2.24) is 15.0 Å². The van der Waals surface area contributed by atoms with Crippen molar-refractivity contribution in [3.63, 3.8) is 0 Å². The molecule has 0 spiro atoms. The molecular formula is C41H26N4O. The van der Waals surface area contributed by atoms with Crippen molar-refractivity contribution in [2.75, 3.05) is 0 Å². The van der Waals surface area contributed by atoms with Crippen LogP contribution in [0.15, 0.2) is 158 Å². The SMILES string of the molecule is N#Cc1ccc(-c2nc(-c3ccccc3)nc(-c3cccc4c3Oc3ccccc3C4(c3ccccc3)c3ccccc3)n2)cc1. The van der Waals surface area contributed by atoms with Gasteiger partial charge in [0, 0.05) is 22.3 Å². The molecule has 1 aliphatic rings. The minimum Gasteiger partial charge on any atom is -0.456 e. The van der Waals surface area contributed by atoms with E-state index in [0.29, 0.717) is 28.8 Å². The topological polar surface area (TPSA) is 71.7 Å². The Morgan fingerprint density at radius 2 is 1.00 bits per heavy atom. The van der Waals surface area contributed by atoms with Crippen LogP contribution in [-0.2, 0) is 5.41 Å². The molecule has 2 heterocycles. The number of aromatic nitrogens is 3. The average Bonchev–Trinajstić information content (AvgIpc) is 3.14. The molecule has 0 saturated heterocycles. The summed E-state index contributed by atoms with van der Waals surface area (Å²) in [4.78, 5) is 14.9. The van der Waals surface area contributed by atoms with Gasteiger partial charge in [-0.15, -0.1) is 0 Å². The van der Waals surface area contributed by atoms with E-state index in [1.165, 1.54) is 0 Å². The van der Waals surface area contributed by atoms with E-state index < -0.39 is 5.41 Å². The Balaban J connectivity index is 1.42. The highest BCUT2D eigenvalue weighted by atomic mass is 16.5. The molecule has 5 heteroatoms. The van der Waals surface area contributed by atoms with Crippen molar-refractivity contribution < 1.29 is 4.74 Å². The van der Waals surface area contributed by atoms with E-state index in [9.17, 15) is 5.26 Å². The van der Waals surface area contributed by atoms with Crippen molar-refractivity contribution in [2.24, 2.45) is 0 Å². The molecule has 0 atom stereocenters. The Kier molecular flexibility index (Phi) is 6.67. The number of rotatable bonds is 5. The summed E-state index contributed by atoms with van der Waals surface area (Å²) in [6.45, 7) is 0. The van der Waals surface area contributed by atoms with Gasteiger partial charge in [0.25, 0.3) is 0 Å². The van der Waals surface area contributed by atoms with E-state index >= 15 is 0 Å². The fraction of sp³-hybridized carbons (Fsp3) is 0.0244. The molecule has 0 fully saturated rings. The molecule has 216 valence electrons. The second kappa shape index (κ2) is 11.3. The van der Waals surface area contributed by atoms with Crippen LogP contribution in [0.1, 0.15) is 27.8 Å². The smallest absolute Gasteiger partial charge is 0.167 e. The zero-order chi connectivity index (χ0) is 30.9. The van der Waals surface area contributed by atoms with Crippen LogP contribution in [0.3, 0.4) is 0 Å². The predicted octanol–water partition coefficient (Wildman–Crippen LogP) is 9.23. The highest BCUT2D eigenvalue weighted by molar-refractivity contribution is 5.78. The second-order valence-corrected chi connectivity index (χ2v) is 11.1. The Labute approximate surface area is 267 Å². The summed E-state index contributed by atoms with van der Waals surface area (Å²) < 4.78 is 6.85. The largest absolute Gasteiger partial charge is 0.456 e. The van der Waals surface area contributed by atoms with Gasteiger partial charge in [0.05, 0.1) is 22.6 Å². The van der Waals surface area contributed by atoms with Crippen LogP contribution in [0.25, 0.3) is 34.2 Å². The predicted molar refractivity (Wildman–Crippen MR) is 179 cm³/mol. The maximum absolute atomic E-state index is 9.37. The summed E-state index contributed by atoms with van der Waals surface area (Å²) in [5.74, 6) is 3.04. The van der Waals surface area contributed by atoms with Crippen LogP contribution in [0, 0.1) is 11.3 Å². The van der Waals surface area contributed by atoms with Crippen molar-refractivity contribution in [1.29, 1.82) is 5.26 Å². The van der Waals surface area contributed by atoms with Gasteiger partial charge < -0.3 is 4.74 Å². The normalized spacial score (nSPS) is 12.7. The monoisotopic (exact) mass is 590 g/mol. The standard InChI is InChI=1S/C41H26N4O/c42-27-28-23-25-30(26-24-28)39-43-38(29-13-4-1-5-14-29)44-40(45-39)33-19-12-21-35-37(33)46-36-22-11-10-20-34(36)41(35,31-15-6-2-7-16-31)32-17-8-3-9-18-32/h1-26H. The molecule has 0 N–H and O–H groups in total. The van der Waals surface area contributed by atoms with E-state index in [1.54, 1.807) is 12.1 Å². The molecule has 0 radical (unpaired) electrons. The molecule has 5 nitrogen and oxygen atoms in total. The number of hydrogen-bond donors (Lipinski definition) is 0. The molecular weight excluding hydrogens is 564 g/mol. The van der Waals surface area contributed by atoms with E-state index in [4.69, 9.17) is 19.7 Å². The third-order valence-electron chi connectivity index (χ3n) is 8.52.